The van der Waals surface area contributed by atoms with Gasteiger partial charge in [0.25, 0.3) is 5.91 Å². The molecule has 26 heavy (non-hydrogen) atoms. The number of carboxylic acids is 1. The number of primary amides is 1. The second kappa shape index (κ2) is 6.68. The fourth-order valence-electron chi connectivity index (χ4n) is 3.11. The maximum atomic E-state index is 12.1. The Morgan fingerprint density at radius 3 is 2.31 bits per heavy atom. The van der Waals surface area contributed by atoms with E-state index in [2.05, 4.69) is 10.6 Å². The van der Waals surface area contributed by atoms with Crippen LogP contribution < -0.4 is 16.4 Å². The number of hydrogen-bond acceptors (Lipinski definition) is 5. The van der Waals surface area contributed by atoms with Gasteiger partial charge >= 0.3 is 5.97 Å². The fraction of sp³-hybridized carbons (Fsp3) is 0.176. The van der Waals surface area contributed by atoms with Gasteiger partial charge in [0, 0.05) is 22.7 Å². The fourth-order valence-corrected chi connectivity index (χ4v) is 3.81. The molecular weight excluding hydrogens is 381 g/mol. The summed E-state index contributed by atoms with van der Waals surface area (Å²) in [6, 6.07) is 9.35. The van der Waals surface area contributed by atoms with Crippen molar-refractivity contribution in [2.75, 3.05) is 17.7 Å². The van der Waals surface area contributed by atoms with Crippen LogP contribution in [0.1, 0.15) is 15.9 Å². The Kier molecular flexibility index (Phi) is 4.70. The van der Waals surface area contributed by atoms with Gasteiger partial charge in [0.05, 0.1) is 16.9 Å². The molecule has 1 aliphatic rings. The van der Waals surface area contributed by atoms with Gasteiger partial charge in [0.1, 0.15) is 0 Å². The third-order valence-corrected chi connectivity index (χ3v) is 4.80. The SMILES string of the molecule is COC(C(N)=O)C1(c2c(Cl)cccc2Cl)Nc2ccc(C(=O)O)cc2N1. The van der Waals surface area contributed by atoms with Crippen LogP contribution >= 0.6 is 23.2 Å². The molecule has 2 atom stereocenters. The zero-order chi connectivity index (χ0) is 19.1. The van der Waals surface area contributed by atoms with E-state index < -0.39 is 23.6 Å². The van der Waals surface area contributed by atoms with Crippen molar-refractivity contribution in [1.82, 2.24) is 0 Å². The molecule has 2 unspecified atom stereocenters. The molecule has 0 radical (unpaired) electrons. The molecule has 0 saturated carbocycles. The summed E-state index contributed by atoms with van der Waals surface area (Å²) in [5.41, 5.74) is 5.57. The van der Waals surface area contributed by atoms with E-state index in [-0.39, 0.29) is 15.6 Å². The Bertz CT molecular complexity index is 885. The molecule has 0 saturated heterocycles. The van der Waals surface area contributed by atoms with Gasteiger partial charge in [-0.3, -0.25) is 4.79 Å². The van der Waals surface area contributed by atoms with Crippen molar-refractivity contribution >= 4 is 46.5 Å². The van der Waals surface area contributed by atoms with Crippen LogP contribution in [0.5, 0.6) is 0 Å². The third kappa shape index (κ3) is 2.84. The molecular formula is C17H15Cl2N3O4. The van der Waals surface area contributed by atoms with Crippen LogP contribution in [-0.2, 0) is 15.2 Å². The molecule has 1 amide bonds. The summed E-state index contributed by atoms with van der Waals surface area (Å²) >= 11 is 12.7. The van der Waals surface area contributed by atoms with E-state index in [0.29, 0.717) is 16.9 Å². The predicted octanol–water partition coefficient (Wildman–Crippen LogP) is 2.88. The van der Waals surface area contributed by atoms with Gasteiger partial charge in [-0.15, -0.1) is 0 Å². The standard InChI is InChI=1S/C17H15Cl2N3O4/c1-26-14(15(20)23)17(13-9(18)3-2-4-10(13)19)21-11-6-5-8(16(24)25)7-12(11)22-17/h2-7,14,21-22H,1H3,(H2,20,23)(H,24,25). The highest BCUT2D eigenvalue weighted by Gasteiger charge is 2.50. The number of methoxy groups -OCH3 is 1. The minimum absolute atomic E-state index is 0.0761. The Morgan fingerprint density at radius 1 is 1.15 bits per heavy atom. The van der Waals surface area contributed by atoms with Crippen molar-refractivity contribution in [3.8, 4) is 0 Å². The summed E-state index contributed by atoms with van der Waals surface area (Å²) < 4.78 is 5.34. The Labute approximate surface area is 159 Å². The topological polar surface area (TPSA) is 114 Å². The number of halogens is 2. The first-order valence-corrected chi connectivity index (χ1v) is 8.26. The van der Waals surface area contributed by atoms with Gasteiger partial charge < -0.3 is 26.2 Å². The van der Waals surface area contributed by atoms with E-state index >= 15 is 0 Å². The van der Waals surface area contributed by atoms with Crippen molar-refractivity contribution < 1.29 is 19.4 Å². The molecule has 9 heteroatoms. The minimum Gasteiger partial charge on any atom is -0.478 e. The number of ether oxygens (including phenoxy) is 1. The molecule has 0 aliphatic carbocycles. The Morgan fingerprint density at radius 2 is 1.77 bits per heavy atom. The van der Waals surface area contributed by atoms with Gasteiger partial charge in [-0.25, -0.2) is 4.79 Å². The highest BCUT2D eigenvalue weighted by molar-refractivity contribution is 6.36. The highest BCUT2D eigenvalue weighted by Crippen LogP contribution is 2.46. The lowest BCUT2D eigenvalue weighted by Gasteiger charge is -2.37. The first-order valence-electron chi connectivity index (χ1n) is 7.50. The molecule has 136 valence electrons. The summed E-state index contributed by atoms with van der Waals surface area (Å²) in [4.78, 5) is 23.3. The molecule has 0 aromatic heterocycles. The number of nitrogens with two attached hydrogens (primary N) is 1. The average Bonchev–Trinajstić information content (AvgIpc) is 2.93. The summed E-state index contributed by atoms with van der Waals surface area (Å²) in [6.07, 6.45) is -1.19. The monoisotopic (exact) mass is 395 g/mol. The molecule has 1 heterocycles. The number of rotatable bonds is 5. The van der Waals surface area contributed by atoms with Crippen LogP contribution in [0.15, 0.2) is 36.4 Å². The van der Waals surface area contributed by atoms with Crippen molar-refractivity contribution in [1.29, 1.82) is 0 Å². The van der Waals surface area contributed by atoms with Crippen molar-refractivity contribution in [2.45, 2.75) is 11.8 Å². The normalized spacial score (nSPS) is 19.2. The number of carbonyl (C=O) groups is 2. The second-order valence-corrected chi connectivity index (χ2v) is 6.55. The first kappa shape index (κ1) is 18.3. The third-order valence-electron chi connectivity index (χ3n) is 4.17. The smallest absolute Gasteiger partial charge is 0.335 e. The van der Waals surface area contributed by atoms with Crippen LogP contribution in [-0.4, -0.2) is 30.2 Å². The van der Waals surface area contributed by atoms with Crippen LogP contribution in [0, 0.1) is 0 Å². The summed E-state index contributed by atoms with van der Waals surface area (Å²) in [7, 11) is 1.33. The lowest BCUT2D eigenvalue weighted by atomic mass is 9.92. The van der Waals surface area contributed by atoms with Crippen LogP contribution in [0.25, 0.3) is 0 Å². The van der Waals surface area contributed by atoms with E-state index in [9.17, 15) is 14.7 Å². The first-order chi connectivity index (χ1) is 12.3. The summed E-state index contributed by atoms with van der Waals surface area (Å²) in [5.74, 6) is -1.84. The maximum absolute atomic E-state index is 12.1. The molecule has 0 bridgehead atoms. The number of benzene rings is 2. The molecule has 7 nitrogen and oxygen atoms in total. The van der Waals surface area contributed by atoms with Gasteiger partial charge in [-0.1, -0.05) is 29.3 Å². The molecule has 1 aliphatic heterocycles. The van der Waals surface area contributed by atoms with E-state index in [4.69, 9.17) is 33.7 Å². The maximum Gasteiger partial charge on any atom is 0.335 e. The number of carbonyl (C=O) groups excluding carboxylic acids is 1. The number of fused-ring (bicyclic) bond motifs is 1. The number of nitrogens with one attached hydrogen (secondary N) is 2. The van der Waals surface area contributed by atoms with Gasteiger partial charge in [-0.2, -0.15) is 0 Å². The quantitative estimate of drug-likeness (QED) is 0.618. The van der Waals surface area contributed by atoms with E-state index in [1.807, 2.05) is 0 Å². The van der Waals surface area contributed by atoms with Crippen LogP contribution in [0.3, 0.4) is 0 Å². The zero-order valence-corrected chi connectivity index (χ0v) is 15.1. The molecule has 2 aromatic rings. The number of amides is 1. The zero-order valence-electron chi connectivity index (χ0n) is 13.5. The number of hydrogen-bond donors (Lipinski definition) is 4. The van der Waals surface area contributed by atoms with Gasteiger partial charge in [0.15, 0.2) is 11.8 Å². The summed E-state index contributed by atoms with van der Waals surface area (Å²) in [5, 5.41) is 16.0. The predicted molar refractivity (Wildman–Crippen MR) is 98.8 cm³/mol. The van der Waals surface area contributed by atoms with E-state index in [1.54, 1.807) is 24.3 Å². The molecule has 2 aromatic carbocycles. The van der Waals surface area contributed by atoms with E-state index in [0.717, 1.165) is 0 Å². The van der Waals surface area contributed by atoms with Crippen molar-refractivity contribution in [3.05, 3.63) is 57.6 Å². The second-order valence-electron chi connectivity index (χ2n) is 5.74. The van der Waals surface area contributed by atoms with E-state index in [1.165, 1.54) is 19.2 Å². The molecule has 5 N–H and O–H groups in total. The van der Waals surface area contributed by atoms with Gasteiger partial charge in [0.2, 0.25) is 0 Å². The Balaban J connectivity index is 2.22. The number of aromatic carboxylic acids is 1. The van der Waals surface area contributed by atoms with Crippen molar-refractivity contribution in [3.63, 3.8) is 0 Å². The highest BCUT2D eigenvalue weighted by atomic mass is 35.5. The lowest BCUT2D eigenvalue weighted by Crippen LogP contribution is -2.56. The van der Waals surface area contributed by atoms with Crippen LogP contribution in [0.2, 0.25) is 10.0 Å². The van der Waals surface area contributed by atoms with Gasteiger partial charge in [-0.05, 0) is 30.3 Å². The number of anilines is 2. The average molecular weight is 396 g/mol. The Hall–Kier alpha value is -2.48. The largest absolute Gasteiger partial charge is 0.478 e. The molecule has 0 spiro atoms. The summed E-state index contributed by atoms with van der Waals surface area (Å²) in [6.45, 7) is 0. The molecule has 0 fully saturated rings. The minimum atomic E-state index is -1.41. The number of carboxylic acid groups (broad SMARTS) is 1. The molecule has 3 rings (SSSR count). The lowest BCUT2D eigenvalue weighted by molar-refractivity contribution is -0.130. The van der Waals surface area contributed by atoms with Crippen LogP contribution in [0.4, 0.5) is 11.4 Å². The van der Waals surface area contributed by atoms with Crippen molar-refractivity contribution in [2.24, 2.45) is 5.73 Å².